The number of benzene rings is 1. The van der Waals surface area contributed by atoms with Gasteiger partial charge < -0.3 is 9.84 Å². The van der Waals surface area contributed by atoms with Gasteiger partial charge in [0.25, 0.3) is 0 Å². The van der Waals surface area contributed by atoms with E-state index in [9.17, 15) is 9.90 Å². The molecule has 0 heterocycles. The number of hydrogen-bond donors (Lipinski definition) is 1. The predicted octanol–water partition coefficient (Wildman–Crippen LogP) is 2.01. The molecule has 4 heteroatoms. The third kappa shape index (κ3) is 1.76. The van der Waals surface area contributed by atoms with Crippen LogP contribution in [0.5, 0.6) is 0 Å². The van der Waals surface area contributed by atoms with Crippen molar-refractivity contribution in [1.29, 1.82) is 0 Å². The molecule has 1 aromatic rings. The fourth-order valence-electron chi connectivity index (χ4n) is 2.25. The Kier molecular flexibility index (Phi) is 3.04. The first-order chi connectivity index (χ1) is 7.58. The van der Waals surface area contributed by atoms with E-state index < -0.39 is 11.5 Å². The maximum atomic E-state index is 11.8. The number of carbonyl (C=O) groups is 1. The Morgan fingerprint density at radius 2 is 2.25 bits per heavy atom. The summed E-state index contributed by atoms with van der Waals surface area (Å²) in [5.41, 5.74) is 0.247. The molecule has 0 unspecified atom stereocenters. The van der Waals surface area contributed by atoms with Gasteiger partial charge in [0.2, 0.25) is 0 Å². The molecule has 1 fully saturated rings. The van der Waals surface area contributed by atoms with E-state index in [0.29, 0.717) is 12.8 Å². The van der Waals surface area contributed by atoms with Crippen LogP contribution in [0.3, 0.4) is 0 Å². The molecule has 2 rings (SSSR count). The number of methoxy groups -OCH3 is 1. The van der Waals surface area contributed by atoms with Crippen LogP contribution in [0.2, 0.25) is 0 Å². The molecule has 0 spiro atoms. The van der Waals surface area contributed by atoms with E-state index in [2.05, 4.69) is 15.9 Å². The zero-order valence-electron chi connectivity index (χ0n) is 8.94. The average molecular weight is 285 g/mol. The lowest BCUT2D eigenvalue weighted by molar-refractivity contribution is -0.156. The minimum atomic E-state index is -0.655. The molecule has 0 aliphatic heterocycles. The van der Waals surface area contributed by atoms with Gasteiger partial charge in [0, 0.05) is 4.47 Å². The summed E-state index contributed by atoms with van der Waals surface area (Å²) in [4.78, 5) is 11.8. The second-order valence-corrected chi connectivity index (χ2v) is 5.06. The maximum absolute atomic E-state index is 11.8. The highest BCUT2D eigenvalue weighted by Gasteiger charge is 2.52. The molecule has 0 saturated heterocycles. The molecule has 16 heavy (non-hydrogen) atoms. The van der Waals surface area contributed by atoms with E-state index in [1.165, 1.54) is 7.11 Å². The van der Waals surface area contributed by atoms with Crippen molar-refractivity contribution in [3.05, 3.63) is 34.3 Å². The topological polar surface area (TPSA) is 46.5 Å². The number of halogens is 1. The molecule has 86 valence electrons. The van der Waals surface area contributed by atoms with Crippen molar-refractivity contribution in [1.82, 2.24) is 0 Å². The van der Waals surface area contributed by atoms with Crippen molar-refractivity contribution in [2.45, 2.75) is 24.4 Å². The summed E-state index contributed by atoms with van der Waals surface area (Å²) in [6, 6.07) is 7.59. The van der Waals surface area contributed by atoms with Crippen molar-refractivity contribution >= 4 is 21.9 Å². The standard InChI is InChI=1S/C12H13BrO3/c1-16-11(15)12(6-10(14)7-12)8-3-2-4-9(13)5-8/h2-5,10,14H,6-7H2,1H3. The third-order valence-corrected chi connectivity index (χ3v) is 3.61. The molecule has 0 bridgehead atoms. The van der Waals surface area contributed by atoms with Gasteiger partial charge in [-0.3, -0.25) is 4.79 Å². The van der Waals surface area contributed by atoms with E-state index in [-0.39, 0.29) is 5.97 Å². The number of carbonyl (C=O) groups excluding carboxylic acids is 1. The van der Waals surface area contributed by atoms with Crippen LogP contribution in [0.4, 0.5) is 0 Å². The molecule has 0 atom stereocenters. The number of esters is 1. The van der Waals surface area contributed by atoms with Gasteiger partial charge in [0.05, 0.1) is 18.6 Å². The highest BCUT2D eigenvalue weighted by atomic mass is 79.9. The summed E-state index contributed by atoms with van der Waals surface area (Å²) >= 11 is 3.38. The van der Waals surface area contributed by atoms with Crippen molar-refractivity contribution in [3.8, 4) is 0 Å². The van der Waals surface area contributed by atoms with E-state index in [1.807, 2.05) is 24.3 Å². The van der Waals surface area contributed by atoms with E-state index >= 15 is 0 Å². The van der Waals surface area contributed by atoms with Gasteiger partial charge in [-0.1, -0.05) is 28.1 Å². The molecule has 1 N–H and O–H groups in total. The monoisotopic (exact) mass is 284 g/mol. The first kappa shape index (κ1) is 11.6. The SMILES string of the molecule is COC(=O)C1(c2cccc(Br)c2)CC(O)C1. The lowest BCUT2D eigenvalue weighted by Crippen LogP contribution is -2.51. The lowest BCUT2D eigenvalue weighted by Gasteiger charge is -2.43. The summed E-state index contributed by atoms with van der Waals surface area (Å²) in [7, 11) is 1.38. The first-order valence-electron chi connectivity index (χ1n) is 5.11. The number of aliphatic hydroxyl groups is 1. The van der Waals surface area contributed by atoms with Crippen LogP contribution in [0.15, 0.2) is 28.7 Å². The largest absolute Gasteiger partial charge is 0.468 e. The van der Waals surface area contributed by atoms with Crippen LogP contribution in [-0.4, -0.2) is 24.3 Å². The van der Waals surface area contributed by atoms with Crippen LogP contribution in [0.1, 0.15) is 18.4 Å². The van der Waals surface area contributed by atoms with Crippen LogP contribution in [0, 0.1) is 0 Å². The van der Waals surface area contributed by atoms with Gasteiger partial charge in [-0.25, -0.2) is 0 Å². The Balaban J connectivity index is 2.37. The Morgan fingerprint density at radius 3 is 2.75 bits per heavy atom. The van der Waals surface area contributed by atoms with Crippen molar-refractivity contribution in [3.63, 3.8) is 0 Å². The Hall–Kier alpha value is -0.870. The highest BCUT2D eigenvalue weighted by molar-refractivity contribution is 9.10. The second kappa shape index (κ2) is 4.18. The normalized spacial score (nSPS) is 28.3. The molecule has 1 aromatic carbocycles. The van der Waals surface area contributed by atoms with Gasteiger partial charge in [0.1, 0.15) is 0 Å². The first-order valence-corrected chi connectivity index (χ1v) is 5.90. The summed E-state index contributed by atoms with van der Waals surface area (Å²) in [6.45, 7) is 0. The highest BCUT2D eigenvalue weighted by Crippen LogP contribution is 2.45. The minimum Gasteiger partial charge on any atom is -0.468 e. The van der Waals surface area contributed by atoms with Gasteiger partial charge in [-0.2, -0.15) is 0 Å². The Labute approximate surface area is 103 Å². The van der Waals surface area contributed by atoms with Gasteiger partial charge in [-0.15, -0.1) is 0 Å². The lowest BCUT2D eigenvalue weighted by atomic mass is 9.63. The molecule has 0 amide bonds. The van der Waals surface area contributed by atoms with Crippen LogP contribution in [0.25, 0.3) is 0 Å². The summed E-state index contributed by atoms with van der Waals surface area (Å²) in [5, 5.41) is 9.44. The Bertz CT molecular complexity index is 410. The Morgan fingerprint density at radius 1 is 1.56 bits per heavy atom. The van der Waals surface area contributed by atoms with E-state index in [4.69, 9.17) is 4.74 Å². The smallest absolute Gasteiger partial charge is 0.316 e. The zero-order valence-corrected chi connectivity index (χ0v) is 10.5. The second-order valence-electron chi connectivity index (χ2n) is 4.15. The van der Waals surface area contributed by atoms with Crippen LogP contribution >= 0.6 is 15.9 Å². The molecule has 1 aliphatic carbocycles. The van der Waals surface area contributed by atoms with Crippen molar-refractivity contribution in [2.75, 3.05) is 7.11 Å². The fourth-order valence-corrected chi connectivity index (χ4v) is 2.65. The maximum Gasteiger partial charge on any atom is 0.316 e. The van der Waals surface area contributed by atoms with Crippen molar-refractivity contribution in [2.24, 2.45) is 0 Å². The van der Waals surface area contributed by atoms with E-state index in [1.54, 1.807) is 0 Å². The van der Waals surface area contributed by atoms with Crippen LogP contribution in [-0.2, 0) is 14.9 Å². The molecule has 0 aromatic heterocycles. The molecular weight excluding hydrogens is 272 g/mol. The van der Waals surface area contributed by atoms with Crippen LogP contribution < -0.4 is 0 Å². The van der Waals surface area contributed by atoms with Gasteiger partial charge in [0.15, 0.2) is 0 Å². The molecule has 1 saturated carbocycles. The molecular formula is C12H13BrO3. The average Bonchev–Trinajstić information content (AvgIpc) is 2.23. The predicted molar refractivity (Wildman–Crippen MR) is 63.1 cm³/mol. The fraction of sp³-hybridized carbons (Fsp3) is 0.417. The van der Waals surface area contributed by atoms with E-state index in [0.717, 1.165) is 10.0 Å². The minimum absolute atomic E-state index is 0.268. The third-order valence-electron chi connectivity index (χ3n) is 3.12. The summed E-state index contributed by atoms with van der Waals surface area (Å²) in [6.07, 6.45) is 0.477. The number of ether oxygens (including phenoxy) is 1. The molecule has 1 aliphatic rings. The number of hydrogen-bond acceptors (Lipinski definition) is 3. The number of aliphatic hydroxyl groups excluding tert-OH is 1. The number of rotatable bonds is 2. The van der Waals surface area contributed by atoms with Gasteiger partial charge >= 0.3 is 5.97 Å². The zero-order chi connectivity index (χ0) is 11.8. The molecule has 0 radical (unpaired) electrons. The quantitative estimate of drug-likeness (QED) is 0.846. The summed E-state index contributed by atoms with van der Waals surface area (Å²) in [5.74, 6) is -0.268. The van der Waals surface area contributed by atoms with Gasteiger partial charge in [-0.05, 0) is 30.5 Å². The molecule has 3 nitrogen and oxygen atoms in total. The van der Waals surface area contributed by atoms with Crippen molar-refractivity contribution < 1.29 is 14.6 Å². The summed E-state index contributed by atoms with van der Waals surface area (Å²) < 4.78 is 5.76.